The molecule has 1 aromatic rings. The maximum Gasteiger partial charge on any atom is 0.0233 e. The smallest absolute Gasteiger partial charge is 0.0233 e. The molecule has 17 heavy (non-hydrogen) atoms. The molecule has 0 aromatic heterocycles. The van der Waals surface area contributed by atoms with E-state index in [4.69, 9.17) is 0 Å². The molecule has 1 saturated heterocycles. The largest absolute Gasteiger partial charge is 0.299 e. The zero-order valence-corrected chi connectivity index (χ0v) is 11.2. The van der Waals surface area contributed by atoms with Crippen LogP contribution in [0.3, 0.4) is 0 Å². The number of hydrogen-bond acceptors (Lipinski definition) is 1. The molecule has 1 fully saturated rings. The Bertz CT molecular complexity index is 320. The van der Waals surface area contributed by atoms with Crippen LogP contribution >= 0.6 is 0 Å². The van der Waals surface area contributed by atoms with E-state index in [1.54, 1.807) is 0 Å². The molecule has 2 rings (SSSR count). The molecular weight excluding hydrogens is 206 g/mol. The first-order valence-electron chi connectivity index (χ1n) is 7.06. The van der Waals surface area contributed by atoms with Crippen molar-refractivity contribution in [3.8, 4) is 0 Å². The molecule has 0 N–H and O–H groups in total. The second kappa shape index (κ2) is 6.20. The lowest BCUT2D eigenvalue weighted by Gasteiger charge is -2.15. The Morgan fingerprint density at radius 2 is 1.94 bits per heavy atom. The van der Waals surface area contributed by atoms with E-state index in [0.717, 1.165) is 18.4 Å². The third kappa shape index (κ3) is 3.57. The monoisotopic (exact) mass is 231 g/mol. The van der Waals surface area contributed by atoms with E-state index in [2.05, 4.69) is 49.1 Å². The van der Waals surface area contributed by atoms with E-state index in [-0.39, 0.29) is 0 Å². The Hall–Kier alpha value is -0.820. The average Bonchev–Trinajstić information content (AvgIpc) is 2.68. The number of likely N-dealkylation sites (tertiary alicyclic amines) is 1. The molecule has 2 unspecified atom stereocenters. The Balaban J connectivity index is 1.84. The maximum absolute atomic E-state index is 2.63. The second-order valence-corrected chi connectivity index (χ2v) is 5.56. The van der Waals surface area contributed by atoms with Gasteiger partial charge in [-0.25, -0.2) is 0 Å². The van der Waals surface area contributed by atoms with Gasteiger partial charge in [0.25, 0.3) is 0 Å². The fraction of sp³-hybridized carbons (Fsp3) is 0.625. The first-order valence-corrected chi connectivity index (χ1v) is 7.06. The van der Waals surface area contributed by atoms with Crippen LogP contribution in [0.2, 0.25) is 0 Å². The van der Waals surface area contributed by atoms with E-state index in [0.29, 0.717) is 0 Å². The lowest BCUT2D eigenvalue weighted by Crippen LogP contribution is -2.20. The SMILES string of the molecule is CCCCC1CN(Cc2ccccc2)CC1C. The van der Waals surface area contributed by atoms with Crippen LogP contribution in [0.5, 0.6) is 0 Å². The van der Waals surface area contributed by atoms with Crippen molar-refractivity contribution in [2.24, 2.45) is 11.8 Å². The van der Waals surface area contributed by atoms with Crippen LogP contribution in [0.4, 0.5) is 0 Å². The van der Waals surface area contributed by atoms with Crippen molar-refractivity contribution in [1.29, 1.82) is 0 Å². The summed E-state index contributed by atoms with van der Waals surface area (Å²) >= 11 is 0. The summed E-state index contributed by atoms with van der Waals surface area (Å²) in [6.45, 7) is 8.43. The Kier molecular flexibility index (Phi) is 4.61. The first kappa shape index (κ1) is 12.6. The van der Waals surface area contributed by atoms with Gasteiger partial charge in [-0.1, -0.05) is 57.0 Å². The van der Waals surface area contributed by atoms with Crippen molar-refractivity contribution in [2.45, 2.75) is 39.7 Å². The van der Waals surface area contributed by atoms with Gasteiger partial charge < -0.3 is 0 Å². The first-order chi connectivity index (χ1) is 8.29. The molecule has 1 aliphatic rings. The molecule has 0 amide bonds. The summed E-state index contributed by atoms with van der Waals surface area (Å²) in [5.41, 5.74) is 1.45. The fourth-order valence-electron chi connectivity index (χ4n) is 2.96. The van der Waals surface area contributed by atoms with E-state index >= 15 is 0 Å². The van der Waals surface area contributed by atoms with Gasteiger partial charge in [0.05, 0.1) is 0 Å². The summed E-state index contributed by atoms with van der Waals surface area (Å²) in [6, 6.07) is 10.9. The van der Waals surface area contributed by atoms with Gasteiger partial charge >= 0.3 is 0 Å². The van der Waals surface area contributed by atoms with E-state index < -0.39 is 0 Å². The Morgan fingerprint density at radius 1 is 1.18 bits per heavy atom. The zero-order chi connectivity index (χ0) is 12.1. The molecule has 0 spiro atoms. The van der Waals surface area contributed by atoms with Gasteiger partial charge in [-0.15, -0.1) is 0 Å². The van der Waals surface area contributed by atoms with Crippen molar-refractivity contribution >= 4 is 0 Å². The molecular formula is C16H25N. The lowest BCUT2D eigenvalue weighted by atomic mass is 9.93. The van der Waals surface area contributed by atoms with Crippen molar-refractivity contribution in [1.82, 2.24) is 4.90 Å². The van der Waals surface area contributed by atoms with Crippen LogP contribution in [-0.2, 0) is 6.54 Å². The van der Waals surface area contributed by atoms with Gasteiger partial charge in [0.15, 0.2) is 0 Å². The van der Waals surface area contributed by atoms with Gasteiger partial charge in [-0.2, -0.15) is 0 Å². The van der Waals surface area contributed by atoms with Gasteiger partial charge in [-0.05, 0) is 23.8 Å². The van der Waals surface area contributed by atoms with Crippen molar-refractivity contribution < 1.29 is 0 Å². The van der Waals surface area contributed by atoms with Gasteiger partial charge in [-0.3, -0.25) is 4.90 Å². The van der Waals surface area contributed by atoms with Crippen molar-refractivity contribution in [3.63, 3.8) is 0 Å². The van der Waals surface area contributed by atoms with Crippen molar-refractivity contribution in [2.75, 3.05) is 13.1 Å². The molecule has 0 radical (unpaired) electrons. The maximum atomic E-state index is 2.63. The second-order valence-electron chi connectivity index (χ2n) is 5.56. The number of nitrogens with zero attached hydrogens (tertiary/aromatic N) is 1. The van der Waals surface area contributed by atoms with Crippen LogP contribution in [0, 0.1) is 11.8 Å². The number of rotatable bonds is 5. The molecule has 0 bridgehead atoms. The molecule has 1 aliphatic heterocycles. The summed E-state index contributed by atoms with van der Waals surface area (Å²) in [6.07, 6.45) is 4.15. The highest BCUT2D eigenvalue weighted by atomic mass is 15.1. The summed E-state index contributed by atoms with van der Waals surface area (Å²) < 4.78 is 0. The minimum Gasteiger partial charge on any atom is -0.299 e. The third-order valence-electron chi connectivity index (χ3n) is 4.02. The topological polar surface area (TPSA) is 3.24 Å². The summed E-state index contributed by atoms with van der Waals surface area (Å²) in [7, 11) is 0. The molecule has 94 valence electrons. The van der Waals surface area contributed by atoms with Gasteiger partial charge in [0.1, 0.15) is 0 Å². The number of hydrogen-bond donors (Lipinski definition) is 0. The summed E-state index contributed by atoms with van der Waals surface area (Å²) in [5, 5.41) is 0. The average molecular weight is 231 g/mol. The predicted octanol–water partition coefficient (Wildman–Crippen LogP) is 3.94. The van der Waals surface area contributed by atoms with Crippen LogP contribution in [-0.4, -0.2) is 18.0 Å². The Morgan fingerprint density at radius 3 is 2.65 bits per heavy atom. The molecule has 1 aromatic carbocycles. The molecule has 0 aliphatic carbocycles. The van der Waals surface area contributed by atoms with Crippen LogP contribution in [0.25, 0.3) is 0 Å². The van der Waals surface area contributed by atoms with Crippen LogP contribution < -0.4 is 0 Å². The van der Waals surface area contributed by atoms with E-state index in [1.165, 1.54) is 37.9 Å². The molecule has 1 heteroatoms. The summed E-state index contributed by atoms with van der Waals surface area (Å²) in [4.78, 5) is 2.63. The lowest BCUT2D eigenvalue weighted by molar-refractivity contribution is 0.311. The van der Waals surface area contributed by atoms with Gasteiger partial charge in [0, 0.05) is 19.6 Å². The highest BCUT2D eigenvalue weighted by molar-refractivity contribution is 5.14. The van der Waals surface area contributed by atoms with Crippen LogP contribution in [0.15, 0.2) is 30.3 Å². The highest BCUT2D eigenvalue weighted by Crippen LogP contribution is 2.28. The zero-order valence-electron chi connectivity index (χ0n) is 11.2. The fourth-order valence-corrected chi connectivity index (χ4v) is 2.96. The number of unbranched alkanes of at least 4 members (excludes halogenated alkanes) is 1. The van der Waals surface area contributed by atoms with Gasteiger partial charge in [0.2, 0.25) is 0 Å². The molecule has 1 heterocycles. The summed E-state index contributed by atoms with van der Waals surface area (Å²) in [5.74, 6) is 1.81. The number of benzene rings is 1. The molecule has 2 atom stereocenters. The predicted molar refractivity (Wildman–Crippen MR) is 73.9 cm³/mol. The third-order valence-corrected chi connectivity index (χ3v) is 4.02. The standard InChI is InChI=1S/C16H25N/c1-3-4-10-16-13-17(11-14(16)2)12-15-8-6-5-7-9-15/h5-9,14,16H,3-4,10-13H2,1-2H3. The normalized spacial score (nSPS) is 25.3. The van der Waals surface area contributed by atoms with E-state index in [9.17, 15) is 0 Å². The Labute approximate surface area is 106 Å². The van der Waals surface area contributed by atoms with Crippen molar-refractivity contribution in [3.05, 3.63) is 35.9 Å². The molecule has 0 saturated carbocycles. The quantitative estimate of drug-likeness (QED) is 0.742. The minimum atomic E-state index is 0.880. The van der Waals surface area contributed by atoms with E-state index in [1.807, 2.05) is 0 Å². The van der Waals surface area contributed by atoms with Crippen LogP contribution in [0.1, 0.15) is 38.7 Å². The minimum absolute atomic E-state index is 0.880. The highest BCUT2D eigenvalue weighted by Gasteiger charge is 2.28. The molecule has 1 nitrogen and oxygen atoms in total.